The summed E-state index contributed by atoms with van der Waals surface area (Å²) >= 11 is 2.20. The van der Waals surface area contributed by atoms with Crippen molar-refractivity contribution in [2.45, 2.75) is 12.9 Å². The molecule has 22 heavy (non-hydrogen) atoms. The zero-order chi connectivity index (χ0) is 16.2. The molecular formula is C15H13F3INO2. The summed E-state index contributed by atoms with van der Waals surface area (Å²) in [4.78, 5) is 0. The first kappa shape index (κ1) is 16.9. The van der Waals surface area contributed by atoms with Crippen LogP contribution in [0.3, 0.4) is 0 Å². The first-order valence-corrected chi connectivity index (χ1v) is 7.42. The molecule has 1 N–H and O–H groups in total. The number of hydrogen-bond donors (Lipinski definition) is 1. The third-order valence-corrected chi connectivity index (χ3v) is 3.35. The van der Waals surface area contributed by atoms with Crippen molar-refractivity contribution in [1.29, 1.82) is 0 Å². The Morgan fingerprint density at radius 3 is 2.27 bits per heavy atom. The zero-order valence-corrected chi connectivity index (χ0v) is 13.7. The molecule has 2 aromatic carbocycles. The Morgan fingerprint density at radius 1 is 1.05 bits per heavy atom. The third-order valence-electron chi connectivity index (χ3n) is 2.67. The van der Waals surface area contributed by atoms with Gasteiger partial charge in [0.25, 0.3) is 0 Å². The molecule has 0 aliphatic rings. The molecule has 0 saturated heterocycles. The second-order valence-electron chi connectivity index (χ2n) is 4.40. The van der Waals surface area contributed by atoms with E-state index in [0.29, 0.717) is 18.0 Å². The van der Waals surface area contributed by atoms with Gasteiger partial charge in [-0.25, -0.2) is 0 Å². The maximum atomic E-state index is 12.1. The van der Waals surface area contributed by atoms with E-state index >= 15 is 0 Å². The predicted octanol–water partition coefficient (Wildman–Crippen LogP) is 4.70. The molecule has 2 aromatic rings. The highest BCUT2D eigenvalue weighted by Crippen LogP contribution is 2.29. The molecule has 2 rings (SSSR count). The van der Waals surface area contributed by atoms with Crippen LogP contribution in [-0.4, -0.2) is 13.4 Å². The second kappa shape index (κ2) is 7.19. The van der Waals surface area contributed by atoms with Gasteiger partial charge in [-0.1, -0.05) is 0 Å². The molecule has 3 nitrogen and oxygen atoms in total. The summed E-state index contributed by atoms with van der Waals surface area (Å²) in [5.74, 6) is 0.810. The summed E-state index contributed by atoms with van der Waals surface area (Å²) in [6, 6.07) is 11.0. The van der Waals surface area contributed by atoms with E-state index in [0.717, 1.165) is 9.13 Å². The molecule has 118 valence electrons. The van der Waals surface area contributed by atoms with Gasteiger partial charge in [-0.2, -0.15) is 0 Å². The number of hydrogen-bond acceptors (Lipinski definition) is 3. The molecule has 0 bridgehead atoms. The lowest BCUT2D eigenvalue weighted by Gasteiger charge is -2.13. The van der Waals surface area contributed by atoms with Gasteiger partial charge in [0, 0.05) is 15.7 Å². The number of benzene rings is 2. The molecule has 0 aliphatic carbocycles. The van der Waals surface area contributed by atoms with Crippen molar-refractivity contribution in [2.24, 2.45) is 0 Å². The minimum absolute atomic E-state index is 0.280. The highest BCUT2D eigenvalue weighted by Gasteiger charge is 2.30. The van der Waals surface area contributed by atoms with E-state index in [-0.39, 0.29) is 5.75 Å². The van der Waals surface area contributed by atoms with Gasteiger partial charge in [-0.15, -0.1) is 13.2 Å². The lowest BCUT2D eigenvalue weighted by Crippen LogP contribution is -2.16. The van der Waals surface area contributed by atoms with Crippen molar-refractivity contribution >= 4 is 22.6 Å². The number of halogens is 4. The fraction of sp³-hybridized carbons (Fsp3) is 0.200. The summed E-state index contributed by atoms with van der Waals surface area (Å²) in [5, 5.41) is 3.04. The van der Waals surface area contributed by atoms with E-state index in [1.165, 1.54) is 24.3 Å². The average molecular weight is 423 g/mol. The summed E-state index contributed by atoms with van der Waals surface area (Å²) < 4.78 is 46.9. The Hall–Kier alpha value is -1.48. The summed E-state index contributed by atoms with van der Waals surface area (Å²) in [6.45, 7) is 0.626. The van der Waals surface area contributed by atoms with E-state index in [1.807, 2.05) is 25.2 Å². The van der Waals surface area contributed by atoms with Crippen molar-refractivity contribution < 1.29 is 22.6 Å². The molecule has 0 radical (unpaired) electrons. The van der Waals surface area contributed by atoms with Crippen molar-refractivity contribution in [3.63, 3.8) is 0 Å². The van der Waals surface area contributed by atoms with Crippen LogP contribution in [0.4, 0.5) is 13.2 Å². The molecule has 7 heteroatoms. The van der Waals surface area contributed by atoms with Crippen molar-refractivity contribution in [1.82, 2.24) is 5.32 Å². The standard InChI is InChI=1S/C15H13F3INO2/c1-20-9-10-8-11(19)2-7-14(10)21-12-3-5-13(6-4-12)22-15(16,17)18/h2-8,20H,9H2,1H3. The molecule has 0 atom stereocenters. The molecule has 0 spiro atoms. The maximum absolute atomic E-state index is 12.1. The van der Waals surface area contributed by atoms with Crippen molar-refractivity contribution in [2.75, 3.05) is 7.05 Å². The number of nitrogens with one attached hydrogen (secondary N) is 1. The molecule has 0 amide bonds. The lowest BCUT2D eigenvalue weighted by molar-refractivity contribution is -0.274. The van der Waals surface area contributed by atoms with Crippen LogP contribution < -0.4 is 14.8 Å². The van der Waals surface area contributed by atoms with Crippen LogP contribution in [0.15, 0.2) is 42.5 Å². The first-order chi connectivity index (χ1) is 10.4. The van der Waals surface area contributed by atoms with Crippen LogP contribution in [0, 0.1) is 3.57 Å². The number of ether oxygens (including phenoxy) is 2. The number of rotatable bonds is 5. The van der Waals surface area contributed by atoms with Crippen LogP contribution in [0.5, 0.6) is 17.2 Å². The Morgan fingerprint density at radius 2 is 1.68 bits per heavy atom. The monoisotopic (exact) mass is 423 g/mol. The summed E-state index contributed by atoms with van der Waals surface area (Å²) in [6.07, 6.45) is -4.70. The Kier molecular flexibility index (Phi) is 5.52. The maximum Gasteiger partial charge on any atom is 0.573 e. The highest BCUT2D eigenvalue weighted by atomic mass is 127. The second-order valence-corrected chi connectivity index (χ2v) is 5.65. The van der Waals surface area contributed by atoms with Crippen molar-refractivity contribution in [3.8, 4) is 17.2 Å². The van der Waals surface area contributed by atoms with Gasteiger partial charge in [0.15, 0.2) is 0 Å². The topological polar surface area (TPSA) is 30.5 Å². The largest absolute Gasteiger partial charge is 0.573 e. The molecule has 0 fully saturated rings. The molecule has 0 unspecified atom stereocenters. The SMILES string of the molecule is CNCc1cc(I)ccc1Oc1ccc(OC(F)(F)F)cc1. The van der Waals surface area contributed by atoms with E-state index in [4.69, 9.17) is 4.74 Å². The van der Waals surface area contributed by atoms with Crippen LogP contribution >= 0.6 is 22.6 Å². The molecule has 0 saturated carbocycles. The van der Waals surface area contributed by atoms with E-state index in [2.05, 4.69) is 32.6 Å². The minimum Gasteiger partial charge on any atom is -0.457 e. The third kappa shape index (κ3) is 5.06. The van der Waals surface area contributed by atoms with Gasteiger partial charge >= 0.3 is 6.36 Å². The molecular weight excluding hydrogens is 410 g/mol. The Bertz CT molecular complexity index is 630. The van der Waals surface area contributed by atoms with Gasteiger partial charge in [-0.3, -0.25) is 0 Å². The van der Waals surface area contributed by atoms with Crippen LogP contribution in [-0.2, 0) is 6.54 Å². The normalized spacial score (nSPS) is 11.3. The van der Waals surface area contributed by atoms with Crippen LogP contribution in [0.2, 0.25) is 0 Å². The fourth-order valence-corrected chi connectivity index (χ4v) is 2.37. The van der Waals surface area contributed by atoms with E-state index in [1.54, 1.807) is 0 Å². The molecule has 0 aliphatic heterocycles. The highest BCUT2D eigenvalue weighted by molar-refractivity contribution is 14.1. The van der Waals surface area contributed by atoms with E-state index in [9.17, 15) is 13.2 Å². The van der Waals surface area contributed by atoms with Crippen molar-refractivity contribution in [3.05, 3.63) is 51.6 Å². The van der Waals surface area contributed by atoms with Crippen LogP contribution in [0.1, 0.15) is 5.56 Å². The first-order valence-electron chi connectivity index (χ1n) is 6.34. The summed E-state index contributed by atoms with van der Waals surface area (Å²) in [7, 11) is 1.83. The van der Waals surface area contributed by atoms with E-state index < -0.39 is 6.36 Å². The van der Waals surface area contributed by atoms with Gasteiger partial charge in [0.05, 0.1) is 0 Å². The van der Waals surface area contributed by atoms with Gasteiger partial charge in [-0.05, 0) is 72.1 Å². The lowest BCUT2D eigenvalue weighted by atomic mass is 10.2. The molecule has 0 heterocycles. The zero-order valence-electron chi connectivity index (χ0n) is 11.6. The quantitative estimate of drug-likeness (QED) is 0.708. The fourth-order valence-electron chi connectivity index (χ4n) is 1.81. The molecule has 0 aromatic heterocycles. The van der Waals surface area contributed by atoms with Gasteiger partial charge in [0.1, 0.15) is 17.2 Å². The van der Waals surface area contributed by atoms with Gasteiger partial charge in [0.2, 0.25) is 0 Å². The Balaban J connectivity index is 2.14. The minimum atomic E-state index is -4.70. The van der Waals surface area contributed by atoms with Gasteiger partial charge < -0.3 is 14.8 Å². The predicted molar refractivity (Wildman–Crippen MR) is 85.1 cm³/mol. The Labute approximate surface area is 139 Å². The smallest absolute Gasteiger partial charge is 0.457 e. The average Bonchev–Trinajstić information content (AvgIpc) is 2.42. The number of alkyl halides is 3. The van der Waals surface area contributed by atoms with Crippen LogP contribution in [0.25, 0.3) is 0 Å². The summed E-state index contributed by atoms with van der Waals surface area (Å²) in [5.41, 5.74) is 0.963.